The van der Waals surface area contributed by atoms with Crippen molar-refractivity contribution in [1.82, 2.24) is 10.3 Å². The number of aliphatic hydroxyl groups is 1. The molecule has 5 atom stereocenters. The lowest BCUT2D eigenvalue weighted by Crippen LogP contribution is -2.66. The normalized spacial score (nSPS) is 26.3. The standard InChI is InChI=1S/C32H39N5O7S2/c1-37(13-5-4-8-21(37)15-38)14-6-7-20-17-45-29-25(24(20)31(41)44-16-19-9-11-22(42-2)12-10-19)28(39)27(29)35-30(40)26(36-43-3)23-18-46-32(33)34-23/h6-7,9-12,18,21,25,27,29,38H,4-5,8,13-17H2,1-3H3,(H2-,33,34,35,40)/p+1/b7-6+,36-26-/t21?,25?,27-,29+,37?/m1/s1. The molecule has 1 amide bonds. The second kappa shape index (κ2) is 14.8. The maximum atomic E-state index is 13.7. The van der Waals surface area contributed by atoms with Crippen molar-refractivity contribution in [3.8, 4) is 5.75 Å². The number of nitrogens with zero attached hydrogens (tertiary/aromatic N) is 3. The Bertz CT molecular complexity index is 1540. The van der Waals surface area contributed by atoms with Crippen molar-refractivity contribution in [3.63, 3.8) is 0 Å². The summed E-state index contributed by atoms with van der Waals surface area (Å²) in [4.78, 5) is 49.6. The predicted octanol–water partition coefficient (Wildman–Crippen LogP) is 2.47. The molecular formula is C32H40N5O7S2+. The monoisotopic (exact) mass is 670 g/mol. The molecule has 1 saturated heterocycles. The number of aliphatic hydroxyl groups excluding tert-OH is 1. The highest BCUT2D eigenvalue weighted by atomic mass is 32.2. The number of allylic oxidation sites excluding steroid dienone is 1. The van der Waals surface area contributed by atoms with E-state index in [1.54, 1.807) is 24.6 Å². The summed E-state index contributed by atoms with van der Waals surface area (Å²) in [5.74, 6) is -1.06. The number of esters is 1. The van der Waals surface area contributed by atoms with E-state index >= 15 is 0 Å². The van der Waals surface area contributed by atoms with Gasteiger partial charge >= 0.3 is 5.97 Å². The number of quaternary nitrogens is 1. The third-order valence-corrected chi connectivity index (χ3v) is 11.0. The zero-order valence-corrected chi connectivity index (χ0v) is 27.8. The van der Waals surface area contributed by atoms with Gasteiger partial charge < -0.3 is 35.0 Å². The van der Waals surface area contributed by atoms with E-state index in [2.05, 4.69) is 22.5 Å². The molecule has 1 saturated carbocycles. The first kappa shape index (κ1) is 33.6. The van der Waals surface area contributed by atoms with Crippen molar-refractivity contribution < 1.29 is 38.3 Å². The summed E-state index contributed by atoms with van der Waals surface area (Å²) >= 11 is 2.67. The number of amides is 1. The van der Waals surface area contributed by atoms with Gasteiger partial charge in [-0.05, 0) is 42.2 Å². The molecule has 46 heavy (non-hydrogen) atoms. The Morgan fingerprint density at radius 1 is 1.24 bits per heavy atom. The number of rotatable bonds is 12. The van der Waals surface area contributed by atoms with Crippen LogP contribution in [0.4, 0.5) is 5.13 Å². The minimum Gasteiger partial charge on any atom is -0.497 e. The maximum absolute atomic E-state index is 13.7. The summed E-state index contributed by atoms with van der Waals surface area (Å²) in [5.41, 5.74) is 7.72. The molecule has 4 N–H and O–H groups in total. The lowest BCUT2D eigenvalue weighted by molar-refractivity contribution is -0.933. The fourth-order valence-electron chi connectivity index (χ4n) is 6.26. The number of Topliss-reactive ketones (excluding diaryl/α,β-unsaturated/α-hetero) is 1. The second-order valence-electron chi connectivity index (χ2n) is 11.8. The summed E-state index contributed by atoms with van der Waals surface area (Å²) in [6.07, 6.45) is 7.14. The third kappa shape index (κ3) is 7.14. The summed E-state index contributed by atoms with van der Waals surface area (Å²) in [6, 6.07) is 6.54. The number of likely N-dealkylation sites (tertiary alicyclic amines) is 1. The number of hydrogen-bond donors (Lipinski definition) is 3. The molecule has 12 nitrogen and oxygen atoms in total. The van der Waals surface area contributed by atoms with Crippen LogP contribution in [-0.2, 0) is 30.6 Å². The summed E-state index contributed by atoms with van der Waals surface area (Å²) in [6.45, 7) is 1.82. The van der Waals surface area contributed by atoms with Crippen molar-refractivity contribution in [1.29, 1.82) is 0 Å². The number of carbonyl (C=O) groups is 3. The number of hydrogen-bond acceptors (Lipinski definition) is 12. The van der Waals surface area contributed by atoms with Gasteiger partial charge in [-0.2, -0.15) is 11.8 Å². The van der Waals surface area contributed by atoms with E-state index in [0.717, 1.165) is 52.8 Å². The topological polar surface area (TPSA) is 162 Å². The minimum absolute atomic E-state index is 0.0307. The number of methoxy groups -OCH3 is 1. The maximum Gasteiger partial charge on any atom is 0.335 e. The number of thiazole rings is 1. The van der Waals surface area contributed by atoms with Gasteiger partial charge in [0.15, 0.2) is 16.6 Å². The zero-order chi connectivity index (χ0) is 32.8. The average molecular weight is 671 g/mol. The zero-order valence-electron chi connectivity index (χ0n) is 26.1. The van der Waals surface area contributed by atoms with Crippen LogP contribution >= 0.6 is 23.1 Å². The van der Waals surface area contributed by atoms with Crippen LogP contribution in [0.3, 0.4) is 0 Å². The molecule has 0 radical (unpaired) electrons. The highest BCUT2D eigenvalue weighted by molar-refractivity contribution is 8.00. The number of fused-ring (bicyclic) bond motifs is 1. The van der Waals surface area contributed by atoms with E-state index in [1.807, 2.05) is 24.3 Å². The number of piperidine rings is 1. The SMILES string of the molecule is CO/N=C(\C(=O)N[C@@H]1C(=O)C2C(C(=O)OCc3ccc(OC)cc3)=C(/C=C/C[N+]3(C)CCCCC3CO)CS[C@@H]21)c1csc(N)n1. The molecule has 0 bridgehead atoms. The molecular weight excluding hydrogens is 631 g/mol. The molecule has 5 rings (SSSR count). The van der Waals surface area contributed by atoms with Gasteiger partial charge in [0.1, 0.15) is 37.2 Å². The van der Waals surface area contributed by atoms with Gasteiger partial charge in [-0.25, -0.2) is 9.78 Å². The van der Waals surface area contributed by atoms with Gasteiger partial charge in [0.25, 0.3) is 5.91 Å². The first-order valence-corrected chi connectivity index (χ1v) is 17.0. The van der Waals surface area contributed by atoms with Crippen LogP contribution in [0.2, 0.25) is 0 Å². The van der Waals surface area contributed by atoms with Gasteiger partial charge in [-0.15, -0.1) is 11.3 Å². The molecule has 1 aromatic carbocycles. The van der Waals surface area contributed by atoms with Gasteiger partial charge in [0, 0.05) is 22.8 Å². The lowest BCUT2D eigenvalue weighted by Gasteiger charge is -2.46. The molecule has 2 fully saturated rings. The van der Waals surface area contributed by atoms with E-state index in [-0.39, 0.29) is 46.8 Å². The van der Waals surface area contributed by atoms with E-state index in [9.17, 15) is 19.5 Å². The Kier molecular flexibility index (Phi) is 10.8. The van der Waals surface area contributed by atoms with Gasteiger partial charge in [0.2, 0.25) is 0 Å². The van der Waals surface area contributed by atoms with Gasteiger partial charge in [-0.1, -0.05) is 23.4 Å². The number of ketones is 1. The lowest BCUT2D eigenvalue weighted by atomic mass is 9.71. The number of benzene rings is 1. The van der Waals surface area contributed by atoms with Crippen molar-refractivity contribution in [3.05, 3.63) is 64.2 Å². The highest BCUT2D eigenvalue weighted by Gasteiger charge is 2.56. The Balaban J connectivity index is 1.36. The minimum atomic E-state index is -0.835. The quantitative estimate of drug-likeness (QED) is 0.132. The Morgan fingerprint density at radius 2 is 2.02 bits per heavy atom. The van der Waals surface area contributed by atoms with E-state index in [4.69, 9.17) is 20.0 Å². The van der Waals surface area contributed by atoms with Crippen molar-refractivity contribution >= 4 is 51.6 Å². The van der Waals surface area contributed by atoms with Crippen LogP contribution < -0.4 is 15.8 Å². The Hall–Kier alpha value is -3.72. The number of carbonyl (C=O) groups excluding carboxylic acids is 3. The van der Waals surface area contributed by atoms with Crippen LogP contribution in [0, 0.1) is 5.92 Å². The molecule has 3 heterocycles. The van der Waals surface area contributed by atoms with Crippen LogP contribution in [0.5, 0.6) is 5.75 Å². The fourth-order valence-corrected chi connectivity index (χ4v) is 8.29. The van der Waals surface area contributed by atoms with Gasteiger partial charge in [-0.3, -0.25) is 9.59 Å². The van der Waals surface area contributed by atoms with E-state index in [1.165, 1.54) is 18.9 Å². The fraction of sp³-hybridized carbons (Fsp3) is 0.469. The number of oxime groups is 1. The second-order valence-corrected chi connectivity index (χ2v) is 13.8. The molecule has 2 aromatic rings. The number of nitrogens with two attached hydrogens (primary N) is 1. The molecule has 1 aromatic heterocycles. The molecule has 1 aliphatic carbocycles. The summed E-state index contributed by atoms with van der Waals surface area (Å²) < 4.78 is 11.7. The number of ether oxygens (including phenoxy) is 2. The molecule has 0 spiro atoms. The van der Waals surface area contributed by atoms with Crippen molar-refractivity contribution in [2.24, 2.45) is 11.1 Å². The van der Waals surface area contributed by atoms with Crippen molar-refractivity contribution in [2.75, 3.05) is 52.5 Å². The molecule has 3 aliphatic rings. The Labute approximate surface area is 276 Å². The number of thioether (sulfide) groups is 1. The average Bonchev–Trinajstić information content (AvgIpc) is 3.50. The number of aromatic nitrogens is 1. The van der Waals surface area contributed by atoms with Crippen molar-refractivity contribution in [2.45, 2.75) is 43.2 Å². The smallest absolute Gasteiger partial charge is 0.335 e. The van der Waals surface area contributed by atoms with E-state index < -0.39 is 23.8 Å². The molecule has 3 unspecified atom stereocenters. The van der Waals surface area contributed by atoms with Crippen LogP contribution in [0.15, 0.2) is 58.1 Å². The molecule has 2 aliphatic heterocycles. The largest absolute Gasteiger partial charge is 0.497 e. The number of nitrogens with one attached hydrogen (secondary N) is 1. The third-order valence-electron chi connectivity index (χ3n) is 8.95. The van der Waals surface area contributed by atoms with Crippen LogP contribution in [0.25, 0.3) is 0 Å². The number of likely N-dealkylation sites (N-methyl/N-ethyl adjacent to an activating group) is 1. The predicted molar refractivity (Wildman–Crippen MR) is 176 cm³/mol. The summed E-state index contributed by atoms with van der Waals surface area (Å²) in [5, 5.41) is 18.0. The first-order chi connectivity index (χ1) is 22.2. The van der Waals surface area contributed by atoms with Gasteiger partial charge in [0.05, 0.1) is 45.3 Å². The number of anilines is 1. The Morgan fingerprint density at radius 3 is 2.70 bits per heavy atom. The van der Waals surface area contributed by atoms with Crippen LogP contribution in [0.1, 0.15) is 30.5 Å². The summed E-state index contributed by atoms with van der Waals surface area (Å²) in [7, 11) is 5.04. The molecule has 246 valence electrons. The number of nitrogen functional groups attached to an aromatic ring is 1. The highest BCUT2D eigenvalue weighted by Crippen LogP contribution is 2.46. The van der Waals surface area contributed by atoms with E-state index in [0.29, 0.717) is 23.6 Å². The molecule has 14 heteroatoms. The first-order valence-electron chi connectivity index (χ1n) is 15.1. The van der Waals surface area contributed by atoms with Crippen LogP contribution in [-0.4, -0.2) is 102 Å².